The molecule has 1 atom stereocenters. The molecule has 6 nitrogen and oxygen atoms in total. The number of halogens is 2. The van der Waals surface area contributed by atoms with E-state index in [1.165, 1.54) is 6.07 Å². The molecule has 142 valence electrons. The number of carbonyl (C=O) groups excluding carboxylic acids is 1. The highest BCUT2D eigenvalue weighted by Crippen LogP contribution is 2.39. The van der Waals surface area contributed by atoms with Gasteiger partial charge < -0.3 is 10.2 Å². The van der Waals surface area contributed by atoms with Crippen molar-refractivity contribution in [2.75, 3.05) is 16.8 Å². The average molecular weight is 453 g/mol. The lowest BCUT2D eigenvalue weighted by Crippen LogP contribution is -2.37. The standard InChI is InChI=1S/C19H19BrClN3O3/c1-12-6-4-5-9-23(12)17-11-16(15(21)10-18(17)24(26)27)22-19(25)13-7-2-3-8-14(13)20/h2-3,7-8,10-12H,4-6,9H2,1H3,(H,22,25). The van der Waals surface area contributed by atoms with Crippen LogP contribution in [-0.4, -0.2) is 23.4 Å². The van der Waals surface area contributed by atoms with E-state index in [0.717, 1.165) is 25.8 Å². The normalized spacial score (nSPS) is 16.9. The molecule has 8 heteroatoms. The van der Waals surface area contributed by atoms with Crippen LogP contribution in [0, 0.1) is 10.1 Å². The van der Waals surface area contributed by atoms with Crippen LogP contribution in [0.1, 0.15) is 36.5 Å². The summed E-state index contributed by atoms with van der Waals surface area (Å²) in [5.74, 6) is -0.337. The van der Waals surface area contributed by atoms with E-state index in [0.29, 0.717) is 21.4 Å². The number of rotatable bonds is 4. The molecule has 0 bridgehead atoms. The first kappa shape index (κ1) is 19.6. The molecule has 1 aliphatic rings. The fourth-order valence-corrected chi connectivity index (χ4v) is 3.98. The van der Waals surface area contributed by atoms with E-state index in [-0.39, 0.29) is 22.7 Å². The molecule has 2 aromatic rings. The summed E-state index contributed by atoms with van der Waals surface area (Å²) in [6.45, 7) is 2.79. The SMILES string of the molecule is CC1CCCCN1c1cc(NC(=O)c2ccccc2Br)c(Cl)cc1[N+](=O)[O-]. The van der Waals surface area contributed by atoms with Crippen LogP contribution >= 0.6 is 27.5 Å². The zero-order valence-electron chi connectivity index (χ0n) is 14.7. The Labute approximate surface area is 170 Å². The summed E-state index contributed by atoms with van der Waals surface area (Å²) in [6, 6.07) is 10.1. The average Bonchev–Trinajstić information content (AvgIpc) is 2.63. The van der Waals surface area contributed by atoms with Crippen molar-refractivity contribution in [3.63, 3.8) is 0 Å². The number of nitro groups is 1. The maximum atomic E-state index is 12.6. The second kappa shape index (κ2) is 8.27. The highest BCUT2D eigenvalue weighted by Gasteiger charge is 2.27. The van der Waals surface area contributed by atoms with Gasteiger partial charge in [0, 0.05) is 23.1 Å². The number of benzene rings is 2. The van der Waals surface area contributed by atoms with Crippen molar-refractivity contribution in [2.24, 2.45) is 0 Å². The molecule has 0 spiro atoms. The van der Waals surface area contributed by atoms with Crippen molar-refractivity contribution in [2.45, 2.75) is 32.2 Å². The van der Waals surface area contributed by atoms with Crippen LogP contribution in [0.5, 0.6) is 0 Å². The van der Waals surface area contributed by atoms with E-state index in [1.807, 2.05) is 11.0 Å². The lowest BCUT2D eigenvalue weighted by molar-refractivity contribution is -0.384. The topological polar surface area (TPSA) is 75.5 Å². The second-order valence-electron chi connectivity index (χ2n) is 6.55. The lowest BCUT2D eigenvalue weighted by Gasteiger charge is -2.35. The number of hydrogen-bond donors (Lipinski definition) is 1. The van der Waals surface area contributed by atoms with Crippen LogP contribution in [0.2, 0.25) is 5.02 Å². The third-order valence-electron chi connectivity index (χ3n) is 4.74. The Balaban J connectivity index is 1.98. The van der Waals surface area contributed by atoms with Gasteiger partial charge in [-0.1, -0.05) is 23.7 Å². The van der Waals surface area contributed by atoms with Gasteiger partial charge >= 0.3 is 0 Å². The van der Waals surface area contributed by atoms with Gasteiger partial charge in [-0.05, 0) is 60.3 Å². The van der Waals surface area contributed by atoms with Gasteiger partial charge in [-0.2, -0.15) is 0 Å². The fraction of sp³-hybridized carbons (Fsp3) is 0.316. The summed E-state index contributed by atoms with van der Waals surface area (Å²) in [5, 5.41) is 14.5. The second-order valence-corrected chi connectivity index (χ2v) is 7.81. The number of hydrogen-bond acceptors (Lipinski definition) is 4. The molecule has 1 aliphatic heterocycles. The Morgan fingerprint density at radius 1 is 1.33 bits per heavy atom. The smallest absolute Gasteiger partial charge is 0.294 e. The highest BCUT2D eigenvalue weighted by molar-refractivity contribution is 9.10. The van der Waals surface area contributed by atoms with Gasteiger partial charge in [0.1, 0.15) is 5.69 Å². The summed E-state index contributed by atoms with van der Waals surface area (Å²) in [4.78, 5) is 25.8. The molecular formula is C19H19BrClN3O3. The molecule has 1 unspecified atom stereocenters. The molecule has 1 fully saturated rings. The minimum atomic E-state index is -0.429. The maximum absolute atomic E-state index is 12.6. The molecule has 1 heterocycles. The van der Waals surface area contributed by atoms with Gasteiger partial charge in [0.15, 0.2) is 0 Å². The van der Waals surface area contributed by atoms with Crippen LogP contribution in [0.25, 0.3) is 0 Å². The minimum absolute atomic E-state index is 0.0485. The van der Waals surface area contributed by atoms with Crippen LogP contribution in [0.4, 0.5) is 17.1 Å². The van der Waals surface area contributed by atoms with Gasteiger partial charge in [-0.15, -0.1) is 0 Å². The molecule has 1 amide bonds. The van der Waals surface area contributed by atoms with Gasteiger partial charge in [0.05, 0.1) is 21.2 Å². The Morgan fingerprint density at radius 3 is 2.74 bits per heavy atom. The third kappa shape index (κ3) is 4.25. The minimum Gasteiger partial charge on any atom is -0.363 e. The van der Waals surface area contributed by atoms with Crippen molar-refractivity contribution < 1.29 is 9.72 Å². The van der Waals surface area contributed by atoms with Crippen molar-refractivity contribution in [1.29, 1.82) is 0 Å². The van der Waals surface area contributed by atoms with Gasteiger partial charge in [-0.3, -0.25) is 14.9 Å². The molecule has 0 aliphatic carbocycles. The Hall–Kier alpha value is -2.12. The largest absolute Gasteiger partial charge is 0.363 e. The molecule has 2 aromatic carbocycles. The number of nitrogens with one attached hydrogen (secondary N) is 1. The summed E-state index contributed by atoms with van der Waals surface area (Å²) in [6.07, 6.45) is 3.05. The monoisotopic (exact) mass is 451 g/mol. The molecule has 0 radical (unpaired) electrons. The van der Waals surface area contributed by atoms with Gasteiger partial charge in [0.2, 0.25) is 0 Å². The first-order valence-electron chi connectivity index (χ1n) is 8.69. The summed E-state index contributed by atoms with van der Waals surface area (Å²) in [7, 11) is 0. The van der Waals surface area contributed by atoms with Crippen molar-refractivity contribution in [3.8, 4) is 0 Å². The first-order chi connectivity index (χ1) is 12.9. The maximum Gasteiger partial charge on any atom is 0.294 e. The molecule has 0 aromatic heterocycles. The number of nitro benzene ring substituents is 1. The zero-order valence-corrected chi connectivity index (χ0v) is 17.1. The van der Waals surface area contributed by atoms with Gasteiger partial charge in [0.25, 0.3) is 11.6 Å². The zero-order chi connectivity index (χ0) is 19.6. The highest BCUT2D eigenvalue weighted by atomic mass is 79.9. The van der Waals surface area contributed by atoms with Crippen LogP contribution in [0.15, 0.2) is 40.9 Å². The van der Waals surface area contributed by atoms with Crippen LogP contribution in [0.3, 0.4) is 0 Å². The Morgan fingerprint density at radius 2 is 2.07 bits per heavy atom. The Bertz CT molecular complexity index is 890. The number of anilines is 2. The first-order valence-corrected chi connectivity index (χ1v) is 9.86. The van der Waals surface area contributed by atoms with E-state index >= 15 is 0 Å². The molecule has 3 rings (SSSR count). The Kier molecular flexibility index (Phi) is 6.01. The van der Waals surface area contributed by atoms with Gasteiger partial charge in [-0.25, -0.2) is 0 Å². The van der Waals surface area contributed by atoms with Crippen molar-refractivity contribution >= 4 is 50.5 Å². The molecule has 0 saturated carbocycles. The van der Waals surface area contributed by atoms with Crippen molar-refractivity contribution in [1.82, 2.24) is 0 Å². The molecule has 1 N–H and O–H groups in total. The molecule has 1 saturated heterocycles. The quantitative estimate of drug-likeness (QED) is 0.481. The predicted octanol–water partition coefficient (Wildman–Crippen LogP) is 5.64. The van der Waals surface area contributed by atoms with E-state index in [9.17, 15) is 14.9 Å². The summed E-state index contributed by atoms with van der Waals surface area (Å²) >= 11 is 9.60. The predicted molar refractivity (Wildman–Crippen MR) is 111 cm³/mol. The fourth-order valence-electron chi connectivity index (χ4n) is 3.31. The van der Waals surface area contributed by atoms with Crippen molar-refractivity contribution in [3.05, 3.63) is 61.6 Å². The summed E-state index contributed by atoms with van der Waals surface area (Å²) < 4.78 is 0.658. The van der Waals surface area contributed by atoms with Crippen LogP contribution in [-0.2, 0) is 0 Å². The van der Waals surface area contributed by atoms with E-state index in [4.69, 9.17) is 11.6 Å². The molecule has 27 heavy (non-hydrogen) atoms. The lowest BCUT2D eigenvalue weighted by atomic mass is 10.0. The van der Waals surface area contributed by atoms with E-state index in [2.05, 4.69) is 28.2 Å². The van der Waals surface area contributed by atoms with E-state index < -0.39 is 4.92 Å². The van der Waals surface area contributed by atoms with Crippen LogP contribution < -0.4 is 10.2 Å². The number of amides is 1. The summed E-state index contributed by atoms with van der Waals surface area (Å²) in [5.41, 5.74) is 1.25. The number of carbonyl (C=O) groups is 1. The number of nitrogens with zero attached hydrogens (tertiary/aromatic N) is 2. The number of piperidine rings is 1. The third-order valence-corrected chi connectivity index (χ3v) is 5.74. The molecular weight excluding hydrogens is 434 g/mol. The van der Waals surface area contributed by atoms with E-state index in [1.54, 1.807) is 24.3 Å².